The molecule has 28 heavy (non-hydrogen) atoms. The molecular weight excluding hydrogens is 370 g/mol. The molecule has 1 rings (SSSR count). The molecule has 0 aromatic carbocycles. The Morgan fingerprint density at radius 2 is 1.25 bits per heavy atom. The lowest BCUT2D eigenvalue weighted by atomic mass is 10.1. The Labute approximate surface area is 163 Å². The molecule has 0 bridgehead atoms. The molecule has 0 fully saturated rings. The van der Waals surface area contributed by atoms with Gasteiger partial charge in [-0.1, -0.05) is 0 Å². The number of hydrogen-bond acceptors (Lipinski definition) is 8. The van der Waals surface area contributed by atoms with E-state index in [1.54, 1.807) is 27.7 Å². The molecular formula is C19H27NO8. The van der Waals surface area contributed by atoms with Crippen LogP contribution in [0.25, 0.3) is 0 Å². The molecule has 0 N–H and O–H groups in total. The van der Waals surface area contributed by atoms with E-state index < -0.39 is 29.9 Å². The maximum Gasteiger partial charge on any atom is 0.340 e. The highest BCUT2D eigenvalue weighted by Crippen LogP contribution is 2.23. The van der Waals surface area contributed by atoms with E-state index in [0.29, 0.717) is 0 Å². The first kappa shape index (κ1) is 23.2. The average molecular weight is 397 g/mol. The normalized spacial score (nSPS) is 11.4. The molecule has 1 aromatic heterocycles. The standard InChI is InChI=1S/C19H27NO8/c1-5-25-16(21)10-9-15(19(24)28-8-4)20-11-13(17(22)26-6-2)14(12-20)18(23)27-7-3/h11-12,15H,5-10H2,1-4H3/t15-/m0/s1. The molecule has 0 spiro atoms. The number of rotatable bonds is 11. The minimum atomic E-state index is -0.916. The summed E-state index contributed by atoms with van der Waals surface area (Å²) in [6.45, 7) is 7.23. The van der Waals surface area contributed by atoms with Gasteiger partial charge in [-0.05, 0) is 34.1 Å². The molecule has 9 nitrogen and oxygen atoms in total. The topological polar surface area (TPSA) is 110 Å². The first-order chi connectivity index (χ1) is 13.4. The number of esters is 4. The molecule has 0 saturated heterocycles. The highest BCUT2D eigenvalue weighted by Gasteiger charge is 2.28. The van der Waals surface area contributed by atoms with Crippen LogP contribution < -0.4 is 0 Å². The van der Waals surface area contributed by atoms with Gasteiger partial charge in [0.15, 0.2) is 0 Å². The first-order valence-electron chi connectivity index (χ1n) is 9.27. The first-order valence-corrected chi connectivity index (χ1v) is 9.27. The maximum absolute atomic E-state index is 12.4. The molecule has 0 unspecified atom stereocenters. The molecule has 1 aromatic rings. The molecule has 0 aliphatic carbocycles. The van der Waals surface area contributed by atoms with Crippen molar-refractivity contribution in [3.63, 3.8) is 0 Å². The van der Waals surface area contributed by atoms with Gasteiger partial charge in [-0.3, -0.25) is 4.79 Å². The molecule has 156 valence electrons. The Kier molecular flexibility index (Phi) is 9.76. The van der Waals surface area contributed by atoms with E-state index in [1.165, 1.54) is 17.0 Å². The van der Waals surface area contributed by atoms with Gasteiger partial charge in [0.2, 0.25) is 0 Å². The summed E-state index contributed by atoms with van der Waals surface area (Å²) in [6.07, 6.45) is 2.71. The van der Waals surface area contributed by atoms with Gasteiger partial charge in [-0.15, -0.1) is 0 Å². The lowest BCUT2D eigenvalue weighted by Gasteiger charge is -2.17. The second kappa shape index (κ2) is 11.8. The van der Waals surface area contributed by atoms with E-state index in [9.17, 15) is 19.2 Å². The van der Waals surface area contributed by atoms with Crippen molar-refractivity contribution in [3.8, 4) is 0 Å². The number of aromatic nitrogens is 1. The van der Waals surface area contributed by atoms with Crippen molar-refractivity contribution in [1.29, 1.82) is 0 Å². The molecule has 0 aliphatic heterocycles. The third kappa shape index (κ3) is 6.40. The van der Waals surface area contributed by atoms with E-state index in [2.05, 4.69) is 0 Å². The highest BCUT2D eigenvalue weighted by molar-refractivity contribution is 6.03. The van der Waals surface area contributed by atoms with Crippen molar-refractivity contribution >= 4 is 23.9 Å². The third-order valence-corrected chi connectivity index (χ3v) is 3.68. The molecule has 0 radical (unpaired) electrons. The van der Waals surface area contributed by atoms with Gasteiger partial charge in [0.05, 0.1) is 37.6 Å². The number of carbonyl (C=O) groups excluding carboxylic acids is 4. The van der Waals surface area contributed by atoms with Gasteiger partial charge in [-0.2, -0.15) is 0 Å². The summed E-state index contributed by atoms with van der Waals surface area (Å²) in [5, 5.41) is 0. The van der Waals surface area contributed by atoms with Crippen LogP contribution in [0.5, 0.6) is 0 Å². The van der Waals surface area contributed by atoms with E-state index in [-0.39, 0.29) is 50.4 Å². The van der Waals surface area contributed by atoms with E-state index in [1.807, 2.05) is 0 Å². The Hall–Kier alpha value is -2.84. The molecule has 1 atom stereocenters. The Bertz CT molecular complexity index is 659. The second-order valence-electron chi connectivity index (χ2n) is 5.59. The van der Waals surface area contributed by atoms with Gasteiger partial charge in [0, 0.05) is 18.8 Å². The SMILES string of the molecule is CCOC(=O)CC[C@@H](C(=O)OCC)n1cc(C(=O)OCC)c(C(=O)OCC)c1. The third-order valence-electron chi connectivity index (χ3n) is 3.68. The van der Waals surface area contributed by atoms with E-state index >= 15 is 0 Å². The van der Waals surface area contributed by atoms with Gasteiger partial charge in [-0.25, -0.2) is 14.4 Å². The monoisotopic (exact) mass is 397 g/mol. The minimum absolute atomic E-state index is 0.0225. The van der Waals surface area contributed by atoms with E-state index in [0.717, 1.165) is 0 Å². The van der Waals surface area contributed by atoms with Crippen molar-refractivity contribution in [3.05, 3.63) is 23.5 Å². The number of hydrogen-bond donors (Lipinski definition) is 0. The Morgan fingerprint density at radius 1 is 0.786 bits per heavy atom. The molecule has 9 heteroatoms. The fourth-order valence-corrected chi connectivity index (χ4v) is 2.51. The van der Waals surface area contributed by atoms with Crippen LogP contribution in [-0.2, 0) is 28.5 Å². The van der Waals surface area contributed by atoms with Crippen LogP contribution in [-0.4, -0.2) is 54.9 Å². The second-order valence-corrected chi connectivity index (χ2v) is 5.59. The minimum Gasteiger partial charge on any atom is -0.466 e. The quantitative estimate of drug-likeness (QED) is 0.413. The number of carbonyl (C=O) groups is 4. The van der Waals surface area contributed by atoms with E-state index in [4.69, 9.17) is 18.9 Å². The molecule has 0 saturated carbocycles. The largest absolute Gasteiger partial charge is 0.466 e. The average Bonchev–Trinajstić information content (AvgIpc) is 3.08. The number of nitrogens with zero attached hydrogens (tertiary/aromatic N) is 1. The van der Waals surface area contributed by atoms with Crippen molar-refractivity contribution in [2.24, 2.45) is 0 Å². The van der Waals surface area contributed by atoms with Gasteiger partial charge in [0.1, 0.15) is 6.04 Å². The number of ether oxygens (including phenoxy) is 4. The van der Waals surface area contributed by atoms with Gasteiger partial charge in [0.25, 0.3) is 0 Å². The van der Waals surface area contributed by atoms with Crippen LogP contribution in [0.1, 0.15) is 67.3 Å². The summed E-state index contributed by atoms with van der Waals surface area (Å²) < 4.78 is 21.3. The Morgan fingerprint density at radius 3 is 1.68 bits per heavy atom. The zero-order valence-corrected chi connectivity index (χ0v) is 16.7. The van der Waals surface area contributed by atoms with Crippen LogP contribution in [0.3, 0.4) is 0 Å². The van der Waals surface area contributed by atoms with Crippen molar-refractivity contribution in [2.75, 3.05) is 26.4 Å². The van der Waals surface area contributed by atoms with Crippen molar-refractivity contribution < 1.29 is 38.1 Å². The van der Waals surface area contributed by atoms with Crippen LogP contribution in [0.4, 0.5) is 0 Å². The van der Waals surface area contributed by atoms with Crippen LogP contribution in [0, 0.1) is 0 Å². The van der Waals surface area contributed by atoms with Crippen LogP contribution in [0.2, 0.25) is 0 Å². The lowest BCUT2D eigenvalue weighted by Crippen LogP contribution is -2.22. The van der Waals surface area contributed by atoms with Crippen molar-refractivity contribution in [1.82, 2.24) is 4.57 Å². The lowest BCUT2D eigenvalue weighted by molar-refractivity contribution is -0.148. The fourth-order valence-electron chi connectivity index (χ4n) is 2.51. The molecule has 0 aliphatic rings. The zero-order chi connectivity index (χ0) is 21.1. The molecule has 1 heterocycles. The maximum atomic E-state index is 12.4. The van der Waals surface area contributed by atoms with Crippen molar-refractivity contribution in [2.45, 2.75) is 46.6 Å². The smallest absolute Gasteiger partial charge is 0.340 e. The Balaban J connectivity index is 3.24. The summed E-state index contributed by atoms with van der Waals surface area (Å²) in [4.78, 5) is 48.5. The summed E-state index contributed by atoms with van der Waals surface area (Å²) in [5.74, 6) is -2.47. The molecule has 0 amide bonds. The summed E-state index contributed by atoms with van der Waals surface area (Å²) in [5.41, 5.74) is -0.0449. The predicted octanol–water partition coefficient (Wildman–Crippen LogP) is 2.29. The summed E-state index contributed by atoms with van der Waals surface area (Å²) in [6, 6.07) is -0.916. The predicted molar refractivity (Wildman–Crippen MR) is 97.9 cm³/mol. The fraction of sp³-hybridized carbons (Fsp3) is 0.579. The zero-order valence-electron chi connectivity index (χ0n) is 16.7. The summed E-state index contributed by atoms with van der Waals surface area (Å²) >= 11 is 0. The van der Waals surface area contributed by atoms with Crippen LogP contribution in [0.15, 0.2) is 12.4 Å². The summed E-state index contributed by atoms with van der Waals surface area (Å²) in [7, 11) is 0. The van der Waals surface area contributed by atoms with Gasteiger partial charge < -0.3 is 23.5 Å². The highest BCUT2D eigenvalue weighted by atomic mass is 16.5. The van der Waals surface area contributed by atoms with Crippen LogP contribution >= 0.6 is 0 Å². The van der Waals surface area contributed by atoms with Gasteiger partial charge >= 0.3 is 23.9 Å².